The quantitative estimate of drug-likeness (QED) is 0.726. The van der Waals surface area contributed by atoms with Gasteiger partial charge in [-0.1, -0.05) is 24.3 Å². The maximum absolute atomic E-state index is 5.81. The van der Waals surface area contributed by atoms with Crippen molar-refractivity contribution < 1.29 is 9.47 Å². The van der Waals surface area contributed by atoms with Crippen molar-refractivity contribution >= 4 is 18.1 Å². The summed E-state index contributed by atoms with van der Waals surface area (Å²) in [5, 5.41) is 0. The Hall–Kier alpha value is -2.72. The second-order valence-electron chi connectivity index (χ2n) is 5.19. The van der Waals surface area contributed by atoms with Crippen molar-refractivity contribution in [3.8, 4) is 17.4 Å². The Morgan fingerprint density at radius 2 is 1.62 bits per heavy atom. The van der Waals surface area contributed by atoms with Gasteiger partial charge in [0, 0.05) is 6.20 Å². The van der Waals surface area contributed by atoms with E-state index in [0.717, 1.165) is 5.75 Å². The fourth-order valence-electron chi connectivity index (χ4n) is 2.14. The molecule has 0 amide bonds. The lowest BCUT2D eigenvalue weighted by atomic mass is 10.1. The topological polar surface area (TPSA) is 57.4 Å². The normalized spacial score (nSPS) is 9.88. The second kappa shape index (κ2) is 8.22. The number of rotatable bonds is 5. The summed E-state index contributed by atoms with van der Waals surface area (Å²) in [6.07, 6.45) is 1.64. The molecule has 0 bridgehead atoms. The van der Waals surface area contributed by atoms with Gasteiger partial charge in [0.15, 0.2) is 0 Å². The molecule has 24 heavy (non-hydrogen) atoms. The van der Waals surface area contributed by atoms with Gasteiger partial charge in [-0.3, -0.25) is 0 Å². The first-order chi connectivity index (χ1) is 11.2. The molecule has 0 atom stereocenters. The number of hydrogen-bond donors (Lipinski definition) is 1. The lowest BCUT2D eigenvalue weighted by Gasteiger charge is -2.10. The van der Waals surface area contributed by atoms with Crippen LogP contribution in [0.25, 0.3) is 0 Å². The zero-order valence-electron chi connectivity index (χ0n) is 13.3. The van der Waals surface area contributed by atoms with Crippen molar-refractivity contribution in [1.82, 2.24) is 4.98 Å². The Balaban J connectivity index is 0.00000208. The van der Waals surface area contributed by atoms with Gasteiger partial charge in [0.25, 0.3) is 0 Å². The van der Waals surface area contributed by atoms with Gasteiger partial charge in [0.2, 0.25) is 5.88 Å². The summed E-state index contributed by atoms with van der Waals surface area (Å²) in [7, 11) is 0. The monoisotopic (exact) mass is 342 g/mol. The molecule has 0 aliphatic rings. The van der Waals surface area contributed by atoms with Gasteiger partial charge in [-0.05, 0) is 54.4 Å². The van der Waals surface area contributed by atoms with Gasteiger partial charge in [-0.2, -0.15) is 0 Å². The number of hydrogen-bond acceptors (Lipinski definition) is 4. The molecular formula is C19H19ClN2O2. The Morgan fingerprint density at radius 1 is 0.917 bits per heavy atom. The van der Waals surface area contributed by atoms with Crippen molar-refractivity contribution in [2.24, 2.45) is 0 Å². The number of nitrogens with zero attached hydrogens (tertiary/aromatic N) is 1. The third-order valence-corrected chi connectivity index (χ3v) is 3.49. The molecule has 4 nitrogen and oxygen atoms in total. The Morgan fingerprint density at radius 3 is 2.33 bits per heavy atom. The van der Waals surface area contributed by atoms with Crippen LogP contribution in [0, 0.1) is 6.92 Å². The average molecular weight is 343 g/mol. The highest BCUT2D eigenvalue weighted by molar-refractivity contribution is 5.85. The van der Waals surface area contributed by atoms with Crippen LogP contribution in [0.2, 0.25) is 0 Å². The fourth-order valence-corrected chi connectivity index (χ4v) is 2.14. The highest BCUT2D eigenvalue weighted by Crippen LogP contribution is 2.26. The van der Waals surface area contributed by atoms with Gasteiger partial charge in [-0.25, -0.2) is 4.98 Å². The van der Waals surface area contributed by atoms with E-state index in [0.29, 0.717) is 23.9 Å². The van der Waals surface area contributed by atoms with Crippen LogP contribution in [0.3, 0.4) is 0 Å². The van der Waals surface area contributed by atoms with E-state index in [1.165, 1.54) is 11.1 Å². The third-order valence-electron chi connectivity index (χ3n) is 3.49. The van der Waals surface area contributed by atoms with Gasteiger partial charge in [0.05, 0.1) is 5.69 Å². The number of benzene rings is 2. The summed E-state index contributed by atoms with van der Waals surface area (Å²) in [5.74, 6) is 1.86. The zero-order valence-corrected chi connectivity index (χ0v) is 14.1. The minimum atomic E-state index is 0. The van der Waals surface area contributed by atoms with Crippen LogP contribution in [0.5, 0.6) is 17.4 Å². The van der Waals surface area contributed by atoms with Gasteiger partial charge in [-0.15, -0.1) is 12.4 Å². The van der Waals surface area contributed by atoms with Crippen molar-refractivity contribution in [3.63, 3.8) is 0 Å². The summed E-state index contributed by atoms with van der Waals surface area (Å²) < 4.78 is 11.5. The van der Waals surface area contributed by atoms with Gasteiger partial charge < -0.3 is 15.2 Å². The zero-order chi connectivity index (χ0) is 16.1. The summed E-state index contributed by atoms with van der Waals surface area (Å²) in [6, 6.07) is 19.1. The number of nitrogen functional groups attached to an aromatic ring is 1. The Labute approximate surface area is 147 Å². The fraction of sp³-hybridized carbons (Fsp3) is 0.105. The molecule has 0 saturated carbocycles. The molecule has 0 radical (unpaired) electrons. The molecule has 1 heterocycles. The average Bonchev–Trinajstić information content (AvgIpc) is 2.57. The van der Waals surface area contributed by atoms with Crippen LogP contribution >= 0.6 is 12.4 Å². The maximum atomic E-state index is 5.81. The predicted octanol–water partition coefficient (Wildman–Crippen LogP) is 4.77. The minimum absolute atomic E-state index is 0. The number of anilines is 1. The highest BCUT2D eigenvalue weighted by Gasteiger charge is 2.04. The molecule has 2 aromatic carbocycles. The third kappa shape index (κ3) is 4.40. The molecule has 3 rings (SSSR count). The lowest BCUT2D eigenvalue weighted by molar-refractivity contribution is 0.305. The first-order valence-corrected chi connectivity index (χ1v) is 7.38. The second-order valence-corrected chi connectivity index (χ2v) is 5.19. The minimum Gasteiger partial charge on any atom is -0.489 e. The van der Waals surface area contributed by atoms with Gasteiger partial charge >= 0.3 is 0 Å². The van der Waals surface area contributed by atoms with E-state index in [2.05, 4.69) is 24.0 Å². The van der Waals surface area contributed by atoms with E-state index < -0.39 is 0 Å². The number of aromatic nitrogens is 1. The largest absolute Gasteiger partial charge is 0.489 e. The predicted molar refractivity (Wildman–Crippen MR) is 97.9 cm³/mol. The number of pyridine rings is 1. The smallest absolute Gasteiger partial charge is 0.242 e. The van der Waals surface area contributed by atoms with Crippen LogP contribution in [0.15, 0.2) is 66.9 Å². The lowest BCUT2D eigenvalue weighted by Crippen LogP contribution is -1.98. The molecule has 0 saturated heterocycles. The first kappa shape index (κ1) is 17.6. The van der Waals surface area contributed by atoms with Crippen molar-refractivity contribution in [2.45, 2.75) is 13.5 Å². The van der Waals surface area contributed by atoms with E-state index >= 15 is 0 Å². The summed E-state index contributed by atoms with van der Waals surface area (Å²) in [6.45, 7) is 2.62. The highest BCUT2D eigenvalue weighted by atomic mass is 35.5. The summed E-state index contributed by atoms with van der Waals surface area (Å²) in [4.78, 5) is 4.10. The molecule has 1 aromatic heterocycles. The Bertz CT molecular complexity index is 791. The number of nitrogens with two attached hydrogens (primary N) is 1. The molecule has 3 aromatic rings. The number of aryl methyl sites for hydroxylation is 1. The van der Waals surface area contributed by atoms with Crippen LogP contribution < -0.4 is 15.2 Å². The van der Waals surface area contributed by atoms with E-state index in [4.69, 9.17) is 15.2 Å². The van der Waals surface area contributed by atoms with E-state index in [9.17, 15) is 0 Å². The number of halogens is 1. The molecule has 0 spiro atoms. The summed E-state index contributed by atoms with van der Waals surface area (Å²) >= 11 is 0. The SMILES string of the molecule is Cc1ccccc1COc1ccc(Oc2ncccc2N)cc1.Cl. The van der Waals surface area contributed by atoms with Crippen LogP contribution in [-0.2, 0) is 6.61 Å². The van der Waals surface area contributed by atoms with Crippen molar-refractivity contribution in [2.75, 3.05) is 5.73 Å². The molecule has 124 valence electrons. The van der Waals surface area contributed by atoms with Crippen molar-refractivity contribution in [1.29, 1.82) is 0 Å². The molecule has 0 fully saturated rings. The van der Waals surface area contributed by atoms with Crippen molar-refractivity contribution in [3.05, 3.63) is 78.0 Å². The standard InChI is InChI=1S/C19H18N2O2.ClH/c1-14-5-2-3-6-15(14)13-22-16-8-10-17(11-9-16)23-19-18(20)7-4-12-21-19;/h2-12H,13,20H2,1H3;1H. The first-order valence-electron chi connectivity index (χ1n) is 7.38. The molecule has 0 unspecified atom stereocenters. The van der Waals surface area contributed by atoms with Crippen LogP contribution in [0.4, 0.5) is 5.69 Å². The molecule has 2 N–H and O–H groups in total. The number of ether oxygens (including phenoxy) is 2. The van der Waals surface area contributed by atoms with Crippen LogP contribution in [-0.4, -0.2) is 4.98 Å². The summed E-state index contributed by atoms with van der Waals surface area (Å²) in [5.41, 5.74) is 8.71. The van der Waals surface area contributed by atoms with Crippen LogP contribution in [0.1, 0.15) is 11.1 Å². The van der Waals surface area contributed by atoms with E-state index in [1.54, 1.807) is 18.3 Å². The van der Waals surface area contributed by atoms with Gasteiger partial charge in [0.1, 0.15) is 18.1 Å². The van der Waals surface area contributed by atoms with E-state index in [1.807, 2.05) is 36.4 Å². The molecule has 0 aliphatic heterocycles. The Kier molecular flexibility index (Phi) is 6.04. The maximum Gasteiger partial charge on any atom is 0.242 e. The molecule has 0 aliphatic carbocycles. The van der Waals surface area contributed by atoms with E-state index in [-0.39, 0.29) is 12.4 Å². The molecule has 5 heteroatoms. The molecular weight excluding hydrogens is 324 g/mol.